The number of ether oxygens (including phenoxy) is 1. The largest absolute Gasteiger partial charge is 0.444 e. The van der Waals surface area contributed by atoms with Gasteiger partial charge in [0.25, 0.3) is 0 Å². The molecule has 4 heteroatoms. The molecular formula is C21H24BrNO2. The van der Waals surface area contributed by atoms with E-state index in [1.807, 2.05) is 45.0 Å². The molecule has 0 heterocycles. The maximum Gasteiger partial charge on any atom is 0.408 e. The molecule has 1 fully saturated rings. The highest BCUT2D eigenvalue weighted by Gasteiger charge is 2.45. The number of carbonyl (C=O) groups excluding carboxylic acids is 1. The van der Waals surface area contributed by atoms with Gasteiger partial charge < -0.3 is 10.1 Å². The third kappa shape index (κ3) is 4.63. The van der Waals surface area contributed by atoms with Crippen molar-refractivity contribution in [2.24, 2.45) is 5.92 Å². The molecule has 25 heavy (non-hydrogen) atoms. The summed E-state index contributed by atoms with van der Waals surface area (Å²) < 4.78 is 6.49. The molecule has 1 aliphatic rings. The van der Waals surface area contributed by atoms with Crippen molar-refractivity contribution >= 4 is 22.0 Å². The predicted octanol–water partition coefficient (Wildman–Crippen LogP) is 5.82. The zero-order chi connectivity index (χ0) is 18.0. The molecule has 0 aliphatic heterocycles. The Bertz CT molecular complexity index is 739. The normalized spacial score (nSPS) is 20.6. The molecule has 0 spiro atoms. The van der Waals surface area contributed by atoms with Gasteiger partial charge in [-0.15, -0.1) is 0 Å². The third-order valence-electron chi connectivity index (χ3n) is 4.41. The summed E-state index contributed by atoms with van der Waals surface area (Å²) in [4.78, 5) is 12.4. The molecule has 1 saturated carbocycles. The Labute approximate surface area is 157 Å². The fourth-order valence-electron chi connectivity index (χ4n) is 3.24. The van der Waals surface area contributed by atoms with Gasteiger partial charge in [-0.3, -0.25) is 0 Å². The monoisotopic (exact) mass is 401 g/mol. The van der Waals surface area contributed by atoms with Crippen LogP contribution in [0.2, 0.25) is 0 Å². The third-order valence-corrected chi connectivity index (χ3v) is 5.13. The molecule has 1 amide bonds. The van der Waals surface area contributed by atoms with Gasteiger partial charge in [-0.2, -0.15) is 0 Å². The van der Waals surface area contributed by atoms with Crippen molar-refractivity contribution in [3.63, 3.8) is 0 Å². The minimum atomic E-state index is -0.509. The minimum absolute atomic E-state index is 0.0735. The predicted molar refractivity (Wildman–Crippen MR) is 104 cm³/mol. The number of nitrogens with one attached hydrogen (secondary N) is 1. The summed E-state index contributed by atoms with van der Waals surface area (Å²) in [5.41, 5.74) is 1.91. The number of carbonyl (C=O) groups is 1. The fourth-order valence-corrected chi connectivity index (χ4v) is 3.78. The summed E-state index contributed by atoms with van der Waals surface area (Å²) in [5.74, 6) is 0.835. The van der Waals surface area contributed by atoms with E-state index in [2.05, 4.69) is 51.6 Å². The van der Waals surface area contributed by atoms with E-state index in [1.165, 1.54) is 5.56 Å². The second kappa shape index (κ2) is 7.20. The summed E-state index contributed by atoms with van der Waals surface area (Å²) in [6, 6.07) is 18.5. The Morgan fingerprint density at radius 1 is 1.12 bits per heavy atom. The van der Waals surface area contributed by atoms with Gasteiger partial charge in [-0.1, -0.05) is 64.5 Å². The van der Waals surface area contributed by atoms with Crippen molar-refractivity contribution in [1.82, 2.24) is 5.32 Å². The van der Waals surface area contributed by atoms with Crippen LogP contribution in [0.5, 0.6) is 0 Å². The van der Waals surface area contributed by atoms with E-state index in [0.717, 1.165) is 16.5 Å². The molecule has 0 radical (unpaired) electrons. The molecular weight excluding hydrogens is 378 g/mol. The zero-order valence-corrected chi connectivity index (χ0v) is 16.4. The van der Waals surface area contributed by atoms with E-state index >= 15 is 0 Å². The van der Waals surface area contributed by atoms with Crippen LogP contribution in [0.25, 0.3) is 0 Å². The molecule has 2 aromatic rings. The van der Waals surface area contributed by atoms with Crippen LogP contribution in [0.4, 0.5) is 4.79 Å². The van der Waals surface area contributed by atoms with Crippen molar-refractivity contribution in [3.05, 3.63) is 70.2 Å². The van der Waals surface area contributed by atoms with Crippen LogP contribution in [0, 0.1) is 5.92 Å². The molecule has 3 rings (SSSR count). The van der Waals surface area contributed by atoms with Crippen LogP contribution in [0.1, 0.15) is 50.3 Å². The van der Waals surface area contributed by atoms with Crippen molar-refractivity contribution in [1.29, 1.82) is 0 Å². The Morgan fingerprint density at radius 3 is 2.40 bits per heavy atom. The lowest BCUT2D eigenvalue weighted by molar-refractivity contribution is 0.0496. The van der Waals surface area contributed by atoms with Gasteiger partial charge in [0.2, 0.25) is 0 Å². The second-order valence-electron chi connectivity index (χ2n) is 7.56. The average Bonchev–Trinajstić information content (AvgIpc) is 3.33. The quantitative estimate of drug-likeness (QED) is 0.700. The number of rotatable bonds is 4. The second-order valence-corrected chi connectivity index (χ2v) is 8.42. The van der Waals surface area contributed by atoms with Gasteiger partial charge in [0, 0.05) is 4.47 Å². The van der Waals surface area contributed by atoms with Crippen molar-refractivity contribution in [3.8, 4) is 0 Å². The lowest BCUT2D eigenvalue weighted by Gasteiger charge is -2.25. The topological polar surface area (TPSA) is 38.3 Å². The first-order chi connectivity index (χ1) is 11.8. The first kappa shape index (κ1) is 18.0. The summed E-state index contributed by atoms with van der Waals surface area (Å²) in [6.07, 6.45) is 0.693. The van der Waals surface area contributed by atoms with Crippen LogP contribution in [0.3, 0.4) is 0 Å². The summed E-state index contributed by atoms with van der Waals surface area (Å²) >= 11 is 3.63. The first-order valence-corrected chi connectivity index (χ1v) is 9.43. The van der Waals surface area contributed by atoms with Crippen molar-refractivity contribution < 1.29 is 9.53 Å². The molecule has 3 nitrogen and oxygen atoms in total. The maximum atomic E-state index is 12.4. The summed E-state index contributed by atoms with van der Waals surface area (Å²) in [6.45, 7) is 5.64. The highest BCUT2D eigenvalue weighted by molar-refractivity contribution is 9.10. The van der Waals surface area contributed by atoms with Crippen LogP contribution in [-0.2, 0) is 4.74 Å². The number of benzene rings is 2. The molecule has 2 aromatic carbocycles. The molecule has 0 saturated heterocycles. The first-order valence-electron chi connectivity index (χ1n) is 8.64. The summed E-state index contributed by atoms with van der Waals surface area (Å²) in [7, 11) is 0. The van der Waals surface area contributed by atoms with Crippen LogP contribution >= 0.6 is 15.9 Å². The average molecular weight is 402 g/mol. The van der Waals surface area contributed by atoms with Crippen molar-refractivity contribution in [2.45, 2.75) is 44.8 Å². The van der Waals surface area contributed by atoms with E-state index in [0.29, 0.717) is 11.8 Å². The lowest BCUT2D eigenvalue weighted by atomic mass is 9.99. The van der Waals surface area contributed by atoms with E-state index in [-0.39, 0.29) is 12.1 Å². The van der Waals surface area contributed by atoms with E-state index < -0.39 is 5.60 Å². The van der Waals surface area contributed by atoms with Gasteiger partial charge >= 0.3 is 6.09 Å². The lowest BCUT2D eigenvalue weighted by Crippen LogP contribution is -2.36. The van der Waals surface area contributed by atoms with Crippen LogP contribution in [0.15, 0.2) is 59.1 Å². The van der Waals surface area contributed by atoms with E-state index in [1.54, 1.807) is 0 Å². The molecule has 1 unspecified atom stereocenters. The van der Waals surface area contributed by atoms with E-state index in [9.17, 15) is 4.79 Å². The van der Waals surface area contributed by atoms with E-state index in [4.69, 9.17) is 4.74 Å². The number of hydrogen-bond donors (Lipinski definition) is 1. The van der Waals surface area contributed by atoms with Gasteiger partial charge in [-0.05, 0) is 56.2 Å². The highest BCUT2D eigenvalue weighted by Crippen LogP contribution is 2.54. The van der Waals surface area contributed by atoms with Gasteiger partial charge in [0.15, 0.2) is 0 Å². The molecule has 3 atom stereocenters. The molecule has 1 aliphatic carbocycles. The summed E-state index contributed by atoms with van der Waals surface area (Å²) in [5, 5.41) is 3.10. The standard InChI is InChI=1S/C21H24BrNO2/c1-21(2,3)25-20(24)23-19(15-11-7-8-12-18(15)22)17-13-16(17)14-9-5-4-6-10-14/h4-12,16-17,19H,13H2,1-3H3,(H,23,24)/t16-,17-,19?/m1/s1. The molecule has 0 aromatic heterocycles. The SMILES string of the molecule is CC(C)(C)OC(=O)NC(c1ccccc1Br)[C@@H]1C[C@@H]1c1ccccc1. The number of hydrogen-bond acceptors (Lipinski definition) is 2. The zero-order valence-electron chi connectivity index (χ0n) is 14.8. The number of amides is 1. The Kier molecular flexibility index (Phi) is 5.19. The fraction of sp³-hybridized carbons (Fsp3) is 0.381. The molecule has 1 N–H and O–H groups in total. The molecule has 132 valence electrons. The number of alkyl carbamates (subject to hydrolysis) is 1. The van der Waals surface area contributed by atoms with Crippen LogP contribution < -0.4 is 5.32 Å². The van der Waals surface area contributed by atoms with Gasteiger partial charge in [0.05, 0.1) is 6.04 Å². The smallest absolute Gasteiger partial charge is 0.408 e. The van der Waals surface area contributed by atoms with Gasteiger partial charge in [-0.25, -0.2) is 4.79 Å². The van der Waals surface area contributed by atoms with Crippen molar-refractivity contribution in [2.75, 3.05) is 0 Å². The molecule has 0 bridgehead atoms. The Morgan fingerprint density at radius 2 is 1.76 bits per heavy atom. The van der Waals surface area contributed by atoms with Crippen LogP contribution in [-0.4, -0.2) is 11.7 Å². The highest BCUT2D eigenvalue weighted by atomic mass is 79.9. The Balaban J connectivity index is 1.81. The van der Waals surface area contributed by atoms with Gasteiger partial charge in [0.1, 0.15) is 5.60 Å². The minimum Gasteiger partial charge on any atom is -0.444 e. The number of halogens is 1. The Hall–Kier alpha value is -1.81. The maximum absolute atomic E-state index is 12.4.